The van der Waals surface area contributed by atoms with Gasteiger partial charge in [-0.05, 0) is 12.1 Å². The minimum absolute atomic E-state index is 0.389. The smallest absolute Gasteiger partial charge is 0.183 e. The summed E-state index contributed by atoms with van der Waals surface area (Å²) in [4.78, 5) is 15.6. The van der Waals surface area contributed by atoms with Gasteiger partial charge in [0.25, 0.3) is 0 Å². The van der Waals surface area contributed by atoms with Crippen molar-refractivity contribution in [2.24, 2.45) is 0 Å². The van der Waals surface area contributed by atoms with E-state index in [4.69, 9.17) is 5.73 Å². The van der Waals surface area contributed by atoms with Crippen molar-refractivity contribution in [2.75, 3.05) is 5.73 Å². The van der Waals surface area contributed by atoms with Gasteiger partial charge in [0.15, 0.2) is 11.5 Å². The highest BCUT2D eigenvalue weighted by Gasteiger charge is 2.12. The van der Waals surface area contributed by atoms with Gasteiger partial charge in [-0.3, -0.25) is 0 Å². The highest BCUT2D eigenvalue weighted by Crippen LogP contribution is 2.24. The van der Waals surface area contributed by atoms with E-state index in [-0.39, 0.29) is 0 Å². The molecule has 0 aliphatic heterocycles. The molecule has 0 spiro atoms. The fourth-order valence-electron chi connectivity index (χ4n) is 2.09. The standard InChI is InChI=1S/C12H9N7/c13-10-9-12(15-6-14-10)18-11(17-9)7-5-16-19-4-2-1-3-8(7)19/h1-6H,(H3,13,14,15,17,18). The molecular formula is C12H9N7. The second kappa shape index (κ2) is 3.52. The molecule has 0 saturated carbocycles. The molecule has 4 aromatic heterocycles. The average Bonchev–Trinajstić information content (AvgIpc) is 3.02. The van der Waals surface area contributed by atoms with Crippen LogP contribution in [0.4, 0.5) is 5.82 Å². The monoisotopic (exact) mass is 251 g/mol. The normalized spacial score (nSPS) is 11.4. The van der Waals surface area contributed by atoms with Crippen LogP contribution in [0, 0.1) is 0 Å². The van der Waals surface area contributed by atoms with Gasteiger partial charge in [-0.1, -0.05) is 6.07 Å². The van der Waals surface area contributed by atoms with Gasteiger partial charge in [0.2, 0.25) is 0 Å². The third-order valence-electron chi connectivity index (χ3n) is 3.00. The lowest BCUT2D eigenvalue weighted by atomic mass is 10.2. The first-order chi connectivity index (χ1) is 9.33. The summed E-state index contributed by atoms with van der Waals surface area (Å²) in [5.41, 5.74) is 8.86. The number of H-pyrrole nitrogens is 1. The zero-order valence-electron chi connectivity index (χ0n) is 9.78. The maximum absolute atomic E-state index is 5.79. The molecule has 0 atom stereocenters. The highest BCUT2D eigenvalue weighted by molar-refractivity contribution is 5.86. The Hall–Kier alpha value is -2.96. The van der Waals surface area contributed by atoms with E-state index in [1.54, 1.807) is 10.7 Å². The largest absolute Gasteiger partial charge is 0.382 e. The average molecular weight is 251 g/mol. The number of nitrogens with two attached hydrogens (primary N) is 1. The zero-order chi connectivity index (χ0) is 12.8. The Morgan fingerprint density at radius 3 is 3.05 bits per heavy atom. The number of imidazole rings is 1. The van der Waals surface area contributed by atoms with Gasteiger partial charge < -0.3 is 10.7 Å². The Labute approximate surface area is 107 Å². The van der Waals surface area contributed by atoms with Crippen molar-refractivity contribution in [1.82, 2.24) is 29.5 Å². The highest BCUT2D eigenvalue weighted by atomic mass is 15.2. The van der Waals surface area contributed by atoms with Crippen LogP contribution in [0.3, 0.4) is 0 Å². The van der Waals surface area contributed by atoms with Crippen molar-refractivity contribution in [2.45, 2.75) is 0 Å². The Morgan fingerprint density at radius 1 is 1.21 bits per heavy atom. The van der Waals surface area contributed by atoms with Crippen LogP contribution in [-0.4, -0.2) is 29.5 Å². The van der Waals surface area contributed by atoms with Gasteiger partial charge >= 0.3 is 0 Å². The lowest BCUT2D eigenvalue weighted by Gasteiger charge is -1.94. The fourth-order valence-corrected chi connectivity index (χ4v) is 2.09. The summed E-state index contributed by atoms with van der Waals surface area (Å²) in [6.07, 6.45) is 5.05. The molecule has 0 amide bonds. The summed E-state index contributed by atoms with van der Waals surface area (Å²) in [6, 6.07) is 5.85. The van der Waals surface area contributed by atoms with Crippen LogP contribution < -0.4 is 5.73 Å². The van der Waals surface area contributed by atoms with E-state index in [0.29, 0.717) is 22.8 Å². The van der Waals surface area contributed by atoms with Crippen LogP contribution in [0.25, 0.3) is 28.1 Å². The minimum Gasteiger partial charge on any atom is -0.382 e. The van der Waals surface area contributed by atoms with Gasteiger partial charge in [-0.2, -0.15) is 5.10 Å². The Morgan fingerprint density at radius 2 is 2.16 bits per heavy atom. The second-order valence-electron chi connectivity index (χ2n) is 4.13. The maximum atomic E-state index is 5.79. The molecule has 19 heavy (non-hydrogen) atoms. The number of pyridine rings is 1. The summed E-state index contributed by atoms with van der Waals surface area (Å²) >= 11 is 0. The summed E-state index contributed by atoms with van der Waals surface area (Å²) in [5.74, 6) is 1.07. The minimum atomic E-state index is 0.389. The van der Waals surface area contributed by atoms with E-state index in [9.17, 15) is 0 Å². The molecule has 92 valence electrons. The third kappa shape index (κ3) is 1.38. The molecule has 0 aliphatic carbocycles. The first-order valence-corrected chi connectivity index (χ1v) is 5.72. The molecule has 0 fully saturated rings. The van der Waals surface area contributed by atoms with Crippen LogP contribution >= 0.6 is 0 Å². The van der Waals surface area contributed by atoms with Gasteiger partial charge in [0.05, 0.1) is 17.3 Å². The predicted octanol–water partition coefficient (Wildman–Crippen LogP) is 1.25. The first kappa shape index (κ1) is 10.0. The number of nitrogen functional groups attached to an aromatic ring is 1. The predicted molar refractivity (Wildman–Crippen MR) is 70.3 cm³/mol. The van der Waals surface area contributed by atoms with Crippen molar-refractivity contribution in [3.8, 4) is 11.4 Å². The topological polar surface area (TPSA) is 97.8 Å². The first-order valence-electron chi connectivity index (χ1n) is 5.72. The molecule has 0 unspecified atom stereocenters. The lowest BCUT2D eigenvalue weighted by Crippen LogP contribution is -1.91. The molecule has 0 bridgehead atoms. The number of nitrogens with zero attached hydrogens (tertiary/aromatic N) is 5. The van der Waals surface area contributed by atoms with Crippen molar-refractivity contribution in [1.29, 1.82) is 0 Å². The lowest BCUT2D eigenvalue weighted by molar-refractivity contribution is 0.961. The molecule has 0 aliphatic rings. The van der Waals surface area contributed by atoms with Crippen molar-refractivity contribution < 1.29 is 0 Å². The van der Waals surface area contributed by atoms with Gasteiger partial charge in [-0.15, -0.1) is 0 Å². The van der Waals surface area contributed by atoms with Gasteiger partial charge in [0.1, 0.15) is 17.7 Å². The van der Waals surface area contributed by atoms with Gasteiger partial charge in [0, 0.05) is 6.20 Å². The van der Waals surface area contributed by atoms with E-state index in [1.165, 1.54) is 6.33 Å². The molecule has 4 aromatic rings. The molecule has 0 saturated heterocycles. The molecule has 3 N–H and O–H groups in total. The van der Waals surface area contributed by atoms with Crippen molar-refractivity contribution in [3.05, 3.63) is 36.9 Å². The number of hydrogen-bond donors (Lipinski definition) is 2. The van der Waals surface area contributed by atoms with Crippen LogP contribution in [0.2, 0.25) is 0 Å². The summed E-state index contributed by atoms with van der Waals surface area (Å²) in [5, 5.41) is 4.28. The van der Waals surface area contributed by atoms with E-state index < -0.39 is 0 Å². The van der Waals surface area contributed by atoms with Crippen LogP contribution in [0.15, 0.2) is 36.9 Å². The summed E-state index contributed by atoms with van der Waals surface area (Å²) in [7, 11) is 0. The number of hydrogen-bond acceptors (Lipinski definition) is 5. The summed E-state index contributed by atoms with van der Waals surface area (Å²) < 4.78 is 1.79. The van der Waals surface area contributed by atoms with E-state index in [1.807, 2.05) is 24.4 Å². The Balaban J connectivity index is 2.02. The molecule has 0 aromatic carbocycles. The third-order valence-corrected chi connectivity index (χ3v) is 3.00. The van der Waals surface area contributed by atoms with Crippen LogP contribution in [-0.2, 0) is 0 Å². The summed E-state index contributed by atoms with van der Waals surface area (Å²) in [6.45, 7) is 0. The molecule has 7 nitrogen and oxygen atoms in total. The van der Waals surface area contributed by atoms with Gasteiger partial charge in [-0.25, -0.2) is 19.5 Å². The number of fused-ring (bicyclic) bond motifs is 2. The Kier molecular flexibility index (Phi) is 1.85. The van der Waals surface area contributed by atoms with Crippen molar-refractivity contribution >= 4 is 22.5 Å². The number of anilines is 1. The number of aromatic amines is 1. The number of nitrogens with one attached hydrogen (secondary N) is 1. The van der Waals surface area contributed by atoms with Crippen molar-refractivity contribution in [3.63, 3.8) is 0 Å². The second-order valence-corrected chi connectivity index (χ2v) is 4.13. The maximum Gasteiger partial charge on any atom is 0.183 e. The van der Waals surface area contributed by atoms with Crippen LogP contribution in [0.5, 0.6) is 0 Å². The molecular weight excluding hydrogens is 242 g/mol. The molecule has 0 radical (unpaired) electrons. The molecule has 4 rings (SSSR count). The fraction of sp³-hybridized carbons (Fsp3) is 0. The Bertz CT molecular complexity index is 889. The van der Waals surface area contributed by atoms with E-state index >= 15 is 0 Å². The van der Waals surface area contributed by atoms with E-state index in [0.717, 1.165) is 11.1 Å². The number of aromatic nitrogens is 6. The zero-order valence-corrected chi connectivity index (χ0v) is 9.78. The van der Waals surface area contributed by atoms with E-state index in [2.05, 4.69) is 25.0 Å². The molecule has 4 heterocycles. The SMILES string of the molecule is Nc1ncnc2nc(-c3cnn4ccccc34)[nH]c12. The quantitative estimate of drug-likeness (QED) is 0.530. The number of rotatable bonds is 1. The van der Waals surface area contributed by atoms with Crippen LogP contribution in [0.1, 0.15) is 0 Å². The molecule has 7 heteroatoms.